The van der Waals surface area contributed by atoms with E-state index in [1.54, 1.807) is 38.6 Å². The largest absolute Gasteiger partial charge is 0.497 e. The van der Waals surface area contributed by atoms with Crippen molar-refractivity contribution in [2.75, 3.05) is 38.0 Å². The van der Waals surface area contributed by atoms with Gasteiger partial charge in [0.1, 0.15) is 5.75 Å². The normalized spacial score (nSPS) is 10.2. The van der Waals surface area contributed by atoms with Gasteiger partial charge in [0, 0.05) is 44.4 Å². The van der Waals surface area contributed by atoms with Crippen molar-refractivity contribution in [3.05, 3.63) is 48.3 Å². The van der Waals surface area contributed by atoms with Crippen molar-refractivity contribution in [3.63, 3.8) is 0 Å². The van der Waals surface area contributed by atoms with Crippen molar-refractivity contribution < 1.29 is 14.3 Å². The molecule has 2 rings (SSSR count). The number of hydrogen-bond acceptors (Lipinski definition) is 5. The number of pyridine rings is 1. The Kier molecular flexibility index (Phi) is 6.38. The lowest BCUT2D eigenvalue weighted by atomic mass is 10.2. The van der Waals surface area contributed by atoms with Gasteiger partial charge in [-0.2, -0.15) is 0 Å². The summed E-state index contributed by atoms with van der Waals surface area (Å²) >= 11 is 0. The molecule has 122 valence electrons. The Balaban J connectivity index is 1.98. The lowest BCUT2D eigenvalue weighted by molar-refractivity contribution is 0.102. The maximum Gasteiger partial charge on any atom is 0.257 e. The first-order valence-electron chi connectivity index (χ1n) is 7.36. The van der Waals surface area contributed by atoms with E-state index < -0.39 is 0 Å². The first kappa shape index (κ1) is 16.8. The third kappa shape index (κ3) is 5.27. The van der Waals surface area contributed by atoms with Crippen LogP contribution in [0.4, 0.5) is 11.4 Å². The van der Waals surface area contributed by atoms with Gasteiger partial charge in [0.25, 0.3) is 5.91 Å². The maximum atomic E-state index is 12.3. The number of amides is 1. The highest BCUT2D eigenvalue weighted by Crippen LogP contribution is 2.18. The van der Waals surface area contributed by atoms with Gasteiger partial charge in [-0.3, -0.25) is 9.78 Å². The molecule has 1 amide bonds. The Labute approximate surface area is 135 Å². The van der Waals surface area contributed by atoms with E-state index in [0.717, 1.165) is 18.7 Å². The van der Waals surface area contributed by atoms with Crippen LogP contribution in [0.15, 0.2) is 42.7 Å². The summed E-state index contributed by atoms with van der Waals surface area (Å²) in [6, 6.07) is 8.98. The van der Waals surface area contributed by atoms with Crippen LogP contribution in [-0.4, -0.2) is 38.3 Å². The van der Waals surface area contributed by atoms with E-state index >= 15 is 0 Å². The van der Waals surface area contributed by atoms with E-state index in [1.165, 1.54) is 6.20 Å². The molecular formula is C17H21N3O3. The van der Waals surface area contributed by atoms with Gasteiger partial charge in [0.2, 0.25) is 0 Å². The van der Waals surface area contributed by atoms with Gasteiger partial charge in [0.05, 0.1) is 18.4 Å². The van der Waals surface area contributed by atoms with Gasteiger partial charge in [-0.1, -0.05) is 6.07 Å². The van der Waals surface area contributed by atoms with Crippen molar-refractivity contribution >= 4 is 17.3 Å². The number of rotatable bonds is 8. The molecule has 2 aromatic rings. The fraction of sp³-hybridized carbons (Fsp3) is 0.294. The highest BCUT2D eigenvalue weighted by atomic mass is 16.5. The van der Waals surface area contributed by atoms with Crippen molar-refractivity contribution in [3.8, 4) is 5.75 Å². The summed E-state index contributed by atoms with van der Waals surface area (Å²) in [6.45, 7) is 1.45. The zero-order valence-corrected chi connectivity index (χ0v) is 13.3. The Bertz CT molecular complexity index is 646. The number of carbonyl (C=O) groups excluding carboxylic acids is 1. The minimum absolute atomic E-state index is 0.216. The minimum Gasteiger partial charge on any atom is -0.497 e. The fourth-order valence-electron chi connectivity index (χ4n) is 2.01. The summed E-state index contributed by atoms with van der Waals surface area (Å²) in [6.07, 6.45) is 4.11. The van der Waals surface area contributed by atoms with E-state index in [-0.39, 0.29) is 5.91 Å². The molecule has 6 heteroatoms. The lowest BCUT2D eigenvalue weighted by Crippen LogP contribution is -2.13. The van der Waals surface area contributed by atoms with E-state index in [0.29, 0.717) is 23.6 Å². The van der Waals surface area contributed by atoms with Crippen LogP contribution in [0.5, 0.6) is 5.75 Å². The summed E-state index contributed by atoms with van der Waals surface area (Å²) < 4.78 is 10.1. The lowest BCUT2D eigenvalue weighted by Gasteiger charge is -2.09. The molecule has 1 heterocycles. The molecule has 6 nitrogen and oxygen atoms in total. The predicted octanol–water partition coefficient (Wildman–Crippen LogP) is 2.79. The fourth-order valence-corrected chi connectivity index (χ4v) is 2.01. The molecule has 0 spiro atoms. The van der Waals surface area contributed by atoms with E-state index in [1.807, 2.05) is 12.1 Å². The Morgan fingerprint density at radius 3 is 2.83 bits per heavy atom. The second-order valence-electron chi connectivity index (χ2n) is 4.92. The molecule has 0 saturated carbocycles. The standard InChI is InChI=1S/C17H21N3O3/c1-22-8-4-7-19-15-9-13(11-18-12-15)17(21)20-14-5-3-6-16(10-14)23-2/h3,5-6,9-12,19H,4,7-8H2,1-2H3,(H,20,21). The smallest absolute Gasteiger partial charge is 0.257 e. The Morgan fingerprint density at radius 2 is 2.04 bits per heavy atom. The van der Waals surface area contributed by atoms with Crippen LogP contribution in [0.1, 0.15) is 16.8 Å². The second kappa shape index (κ2) is 8.75. The second-order valence-corrected chi connectivity index (χ2v) is 4.92. The number of nitrogens with zero attached hydrogens (tertiary/aromatic N) is 1. The van der Waals surface area contributed by atoms with Crippen molar-refractivity contribution in [1.29, 1.82) is 0 Å². The number of benzene rings is 1. The van der Waals surface area contributed by atoms with Crippen molar-refractivity contribution in [2.24, 2.45) is 0 Å². The topological polar surface area (TPSA) is 72.5 Å². The van der Waals surface area contributed by atoms with Gasteiger partial charge in [0.15, 0.2) is 0 Å². The number of carbonyl (C=O) groups is 1. The number of aromatic nitrogens is 1. The molecule has 1 aromatic carbocycles. The zero-order chi connectivity index (χ0) is 16.5. The summed E-state index contributed by atoms with van der Waals surface area (Å²) in [5, 5.41) is 6.04. The first-order valence-corrected chi connectivity index (χ1v) is 7.36. The summed E-state index contributed by atoms with van der Waals surface area (Å²) in [5.74, 6) is 0.473. The molecule has 0 radical (unpaired) electrons. The number of hydrogen-bond donors (Lipinski definition) is 2. The van der Waals surface area contributed by atoms with Gasteiger partial charge in [-0.25, -0.2) is 0 Å². The number of anilines is 2. The highest BCUT2D eigenvalue weighted by Gasteiger charge is 2.08. The van der Waals surface area contributed by atoms with Crippen LogP contribution in [0.2, 0.25) is 0 Å². The molecule has 1 aromatic heterocycles. The van der Waals surface area contributed by atoms with E-state index in [4.69, 9.17) is 9.47 Å². The summed E-state index contributed by atoms with van der Waals surface area (Å²) in [7, 11) is 3.26. The molecule has 0 aliphatic carbocycles. The molecule has 2 N–H and O–H groups in total. The molecule has 0 fully saturated rings. The molecule has 0 aliphatic rings. The number of ether oxygens (including phenoxy) is 2. The predicted molar refractivity (Wildman–Crippen MR) is 90.2 cm³/mol. The first-order chi connectivity index (χ1) is 11.2. The van der Waals surface area contributed by atoms with Crippen LogP contribution in [0.3, 0.4) is 0 Å². The molecule has 0 atom stereocenters. The van der Waals surface area contributed by atoms with Crippen LogP contribution in [0.25, 0.3) is 0 Å². The van der Waals surface area contributed by atoms with Crippen LogP contribution in [0, 0.1) is 0 Å². The van der Waals surface area contributed by atoms with Crippen molar-refractivity contribution in [2.45, 2.75) is 6.42 Å². The van der Waals surface area contributed by atoms with Crippen LogP contribution in [-0.2, 0) is 4.74 Å². The van der Waals surface area contributed by atoms with Gasteiger partial charge >= 0.3 is 0 Å². The summed E-state index contributed by atoms with van der Waals surface area (Å²) in [4.78, 5) is 16.4. The molecule has 0 aliphatic heterocycles. The van der Waals surface area contributed by atoms with Gasteiger partial charge in [-0.05, 0) is 24.6 Å². The molecule has 0 saturated heterocycles. The average molecular weight is 315 g/mol. The molecular weight excluding hydrogens is 294 g/mol. The minimum atomic E-state index is -0.216. The third-order valence-electron chi connectivity index (χ3n) is 3.18. The summed E-state index contributed by atoms with van der Waals surface area (Å²) in [5.41, 5.74) is 1.97. The molecule has 0 bridgehead atoms. The van der Waals surface area contributed by atoms with Crippen LogP contribution >= 0.6 is 0 Å². The number of methoxy groups -OCH3 is 2. The van der Waals surface area contributed by atoms with Gasteiger partial charge in [-0.15, -0.1) is 0 Å². The van der Waals surface area contributed by atoms with Gasteiger partial charge < -0.3 is 20.1 Å². The maximum absolute atomic E-state index is 12.3. The van der Waals surface area contributed by atoms with Crippen molar-refractivity contribution in [1.82, 2.24) is 4.98 Å². The average Bonchev–Trinajstić information content (AvgIpc) is 2.59. The Morgan fingerprint density at radius 1 is 1.17 bits per heavy atom. The van der Waals surface area contributed by atoms with E-state index in [9.17, 15) is 4.79 Å². The SMILES string of the molecule is COCCCNc1cncc(C(=O)Nc2cccc(OC)c2)c1. The highest BCUT2D eigenvalue weighted by molar-refractivity contribution is 6.04. The monoisotopic (exact) mass is 315 g/mol. The van der Waals surface area contributed by atoms with Crippen LogP contribution < -0.4 is 15.4 Å². The quantitative estimate of drug-likeness (QED) is 0.733. The Hall–Kier alpha value is -2.60. The molecule has 23 heavy (non-hydrogen) atoms. The number of nitrogens with one attached hydrogen (secondary N) is 2. The zero-order valence-electron chi connectivity index (χ0n) is 13.3. The van der Waals surface area contributed by atoms with E-state index in [2.05, 4.69) is 15.6 Å². The third-order valence-corrected chi connectivity index (χ3v) is 3.18. The molecule has 0 unspecified atom stereocenters.